The Morgan fingerprint density at radius 2 is 2.00 bits per heavy atom. The Kier molecular flexibility index (Phi) is 4.79. The van der Waals surface area contributed by atoms with Crippen molar-refractivity contribution in [2.75, 3.05) is 13.7 Å². The van der Waals surface area contributed by atoms with Crippen LogP contribution in [0.1, 0.15) is 34.8 Å². The van der Waals surface area contributed by atoms with Crippen LogP contribution in [-0.4, -0.2) is 24.5 Å². The van der Waals surface area contributed by atoms with Crippen LogP contribution in [0.25, 0.3) is 0 Å². The average molecular weight is 350 g/mol. The van der Waals surface area contributed by atoms with Crippen LogP contribution in [0.2, 0.25) is 10.0 Å². The first-order chi connectivity index (χ1) is 11.1. The second-order valence-electron chi connectivity index (χ2n) is 5.53. The van der Waals surface area contributed by atoms with Crippen LogP contribution in [0.5, 0.6) is 5.75 Å². The zero-order valence-corrected chi connectivity index (χ0v) is 14.3. The van der Waals surface area contributed by atoms with Crippen LogP contribution in [0.3, 0.4) is 0 Å². The Morgan fingerprint density at radius 3 is 2.78 bits per heavy atom. The van der Waals surface area contributed by atoms with Crippen LogP contribution in [0.4, 0.5) is 0 Å². The molecule has 1 fully saturated rings. The first kappa shape index (κ1) is 16.2. The van der Waals surface area contributed by atoms with Gasteiger partial charge in [0.1, 0.15) is 5.75 Å². The molecule has 0 aromatic heterocycles. The number of amides is 1. The number of halogens is 2. The fourth-order valence-corrected chi connectivity index (χ4v) is 3.41. The van der Waals surface area contributed by atoms with Crippen molar-refractivity contribution in [3.8, 4) is 5.75 Å². The van der Waals surface area contributed by atoms with Gasteiger partial charge in [0.2, 0.25) is 0 Å². The zero-order valence-electron chi connectivity index (χ0n) is 12.8. The fraction of sp³-hybridized carbons (Fsp3) is 0.278. The summed E-state index contributed by atoms with van der Waals surface area (Å²) in [5, 5.41) is 0.713. The number of methoxy groups -OCH3 is 1. The third-order valence-electron chi connectivity index (χ3n) is 4.17. The van der Waals surface area contributed by atoms with Crippen molar-refractivity contribution in [3.05, 3.63) is 63.6 Å². The number of benzene rings is 2. The van der Waals surface area contributed by atoms with Gasteiger partial charge in [-0.15, -0.1) is 0 Å². The van der Waals surface area contributed by atoms with Gasteiger partial charge in [-0.25, -0.2) is 0 Å². The smallest absolute Gasteiger partial charge is 0.255 e. The lowest BCUT2D eigenvalue weighted by atomic mass is 10.0. The highest BCUT2D eigenvalue weighted by molar-refractivity contribution is 6.43. The SMILES string of the molecule is COc1cccc([C@@H]2CCCN2C(=O)c2cccc(Cl)c2Cl)c1. The van der Waals surface area contributed by atoms with E-state index in [4.69, 9.17) is 27.9 Å². The molecule has 0 aliphatic carbocycles. The topological polar surface area (TPSA) is 29.5 Å². The molecular weight excluding hydrogens is 333 g/mol. The van der Waals surface area contributed by atoms with E-state index >= 15 is 0 Å². The van der Waals surface area contributed by atoms with E-state index in [1.165, 1.54) is 0 Å². The Hall–Kier alpha value is -1.71. The molecule has 1 aliphatic heterocycles. The van der Waals surface area contributed by atoms with Crippen LogP contribution in [0, 0.1) is 0 Å². The minimum absolute atomic E-state index is 0.0349. The zero-order chi connectivity index (χ0) is 16.4. The molecule has 0 N–H and O–H groups in total. The maximum absolute atomic E-state index is 12.9. The van der Waals surface area contributed by atoms with Gasteiger partial charge in [-0.05, 0) is 42.7 Å². The number of nitrogens with zero attached hydrogens (tertiary/aromatic N) is 1. The van der Waals surface area contributed by atoms with E-state index in [1.54, 1.807) is 25.3 Å². The molecule has 1 saturated heterocycles. The Morgan fingerprint density at radius 1 is 1.22 bits per heavy atom. The number of hydrogen-bond donors (Lipinski definition) is 0. The van der Waals surface area contributed by atoms with Crippen molar-refractivity contribution in [1.29, 1.82) is 0 Å². The molecule has 0 saturated carbocycles. The standard InChI is InChI=1S/C18H17Cl2NO2/c1-23-13-6-2-5-12(11-13)16-9-4-10-21(16)18(22)14-7-3-8-15(19)17(14)20/h2-3,5-8,11,16H,4,9-10H2,1H3/t16-/m0/s1. The molecule has 0 unspecified atom stereocenters. The lowest BCUT2D eigenvalue weighted by Gasteiger charge is -2.26. The van der Waals surface area contributed by atoms with E-state index in [1.807, 2.05) is 29.2 Å². The molecule has 120 valence electrons. The monoisotopic (exact) mass is 349 g/mol. The first-order valence-corrected chi connectivity index (χ1v) is 8.26. The Bertz CT molecular complexity index is 733. The van der Waals surface area contributed by atoms with Gasteiger partial charge < -0.3 is 9.64 Å². The summed E-state index contributed by atoms with van der Waals surface area (Å²) in [6, 6.07) is 13.0. The van der Waals surface area contributed by atoms with Gasteiger partial charge in [0.25, 0.3) is 5.91 Å². The summed E-state index contributed by atoms with van der Waals surface area (Å²) in [4.78, 5) is 14.8. The van der Waals surface area contributed by atoms with Gasteiger partial charge in [-0.3, -0.25) is 4.79 Å². The lowest BCUT2D eigenvalue weighted by molar-refractivity contribution is 0.0735. The van der Waals surface area contributed by atoms with Crippen molar-refractivity contribution >= 4 is 29.1 Å². The van der Waals surface area contributed by atoms with Gasteiger partial charge in [0.05, 0.1) is 28.8 Å². The van der Waals surface area contributed by atoms with Crippen molar-refractivity contribution in [1.82, 2.24) is 4.90 Å². The number of rotatable bonds is 3. The molecule has 23 heavy (non-hydrogen) atoms. The minimum atomic E-state index is -0.0807. The van der Waals surface area contributed by atoms with E-state index in [-0.39, 0.29) is 11.9 Å². The first-order valence-electron chi connectivity index (χ1n) is 7.50. The van der Waals surface area contributed by atoms with E-state index in [9.17, 15) is 4.79 Å². The number of hydrogen-bond acceptors (Lipinski definition) is 2. The summed E-state index contributed by atoms with van der Waals surface area (Å²) in [5.41, 5.74) is 1.53. The highest BCUT2D eigenvalue weighted by Gasteiger charge is 2.31. The van der Waals surface area contributed by atoms with Gasteiger partial charge in [0, 0.05) is 6.54 Å². The van der Waals surface area contributed by atoms with Gasteiger partial charge >= 0.3 is 0 Å². The van der Waals surface area contributed by atoms with Crippen LogP contribution < -0.4 is 4.74 Å². The predicted octanol–water partition coefficient (Wildman–Crippen LogP) is 4.98. The molecule has 2 aromatic carbocycles. The van der Waals surface area contributed by atoms with Crippen LogP contribution in [-0.2, 0) is 0 Å². The van der Waals surface area contributed by atoms with Crippen molar-refractivity contribution < 1.29 is 9.53 Å². The quantitative estimate of drug-likeness (QED) is 0.781. The van der Waals surface area contributed by atoms with Gasteiger partial charge in [0.15, 0.2) is 0 Å². The fourth-order valence-electron chi connectivity index (χ4n) is 3.03. The van der Waals surface area contributed by atoms with Crippen molar-refractivity contribution in [2.24, 2.45) is 0 Å². The number of ether oxygens (including phenoxy) is 1. The summed E-state index contributed by atoms with van der Waals surface area (Å²) in [7, 11) is 1.64. The summed E-state index contributed by atoms with van der Waals surface area (Å²) < 4.78 is 5.29. The molecule has 0 bridgehead atoms. The van der Waals surface area contributed by atoms with E-state index in [0.29, 0.717) is 22.2 Å². The van der Waals surface area contributed by atoms with E-state index in [0.717, 1.165) is 24.2 Å². The lowest BCUT2D eigenvalue weighted by Crippen LogP contribution is -2.30. The molecule has 5 heteroatoms. The number of likely N-dealkylation sites (tertiary alicyclic amines) is 1. The molecular formula is C18H17Cl2NO2. The molecule has 1 heterocycles. The second kappa shape index (κ2) is 6.81. The van der Waals surface area contributed by atoms with Crippen LogP contribution >= 0.6 is 23.2 Å². The average Bonchev–Trinajstić information content (AvgIpc) is 3.06. The van der Waals surface area contributed by atoms with E-state index in [2.05, 4.69) is 0 Å². The molecule has 2 aromatic rings. The maximum atomic E-state index is 12.9. The Labute approximate surface area is 145 Å². The number of carbonyl (C=O) groups excluding carboxylic acids is 1. The van der Waals surface area contributed by atoms with E-state index < -0.39 is 0 Å². The normalized spacial score (nSPS) is 17.3. The largest absolute Gasteiger partial charge is 0.497 e. The molecule has 0 spiro atoms. The second-order valence-corrected chi connectivity index (χ2v) is 6.32. The van der Waals surface area contributed by atoms with Crippen molar-refractivity contribution in [3.63, 3.8) is 0 Å². The third-order valence-corrected chi connectivity index (χ3v) is 4.99. The molecule has 3 rings (SSSR count). The summed E-state index contributed by atoms with van der Waals surface area (Å²) in [6.45, 7) is 0.712. The molecule has 3 nitrogen and oxygen atoms in total. The number of carbonyl (C=O) groups is 1. The summed E-state index contributed by atoms with van der Waals surface area (Å²) >= 11 is 12.2. The highest BCUT2D eigenvalue weighted by Crippen LogP contribution is 2.36. The molecule has 1 aliphatic rings. The predicted molar refractivity (Wildman–Crippen MR) is 92.5 cm³/mol. The minimum Gasteiger partial charge on any atom is -0.497 e. The molecule has 1 amide bonds. The van der Waals surface area contributed by atoms with Gasteiger partial charge in [-0.2, -0.15) is 0 Å². The molecule has 1 atom stereocenters. The summed E-state index contributed by atoms with van der Waals surface area (Å²) in [5.74, 6) is 0.713. The van der Waals surface area contributed by atoms with Gasteiger partial charge in [-0.1, -0.05) is 41.4 Å². The highest BCUT2D eigenvalue weighted by atomic mass is 35.5. The Balaban J connectivity index is 1.92. The maximum Gasteiger partial charge on any atom is 0.255 e. The molecule has 0 radical (unpaired) electrons. The van der Waals surface area contributed by atoms with Crippen molar-refractivity contribution in [2.45, 2.75) is 18.9 Å². The van der Waals surface area contributed by atoms with Crippen LogP contribution in [0.15, 0.2) is 42.5 Å². The summed E-state index contributed by atoms with van der Waals surface area (Å²) in [6.07, 6.45) is 1.89. The third kappa shape index (κ3) is 3.17.